The van der Waals surface area contributed by atoms with Crippen LogP contribution in [0.15, 0.2) is 66.7 Å². The van der Waals surface area contributed by atoms with Crippen LogP contribution < -0.4 is 9.47 Å². The lowest BCUT2D eigenvalue weighted by Gasteiger charge is -2.12. The van der Waals surface area contributed by atoms with Crippen LogP contribution in [-0.2, 0) is 11.2 Å². The van der Waals surface area contributed by atoms with Gasteiger partial charge in [0.2, 0.25) is 0 Å². The van der Waals surface area contributed by atoms with Crippen molar-refractivity contribution in [3.8, 4) is 11.5 Å². The molecule has 6 nitrogen and oxygen atoms in total. The van der Waals surface area contributed by atoms with E-state index in [1.807, 2.05) is 0 Å². The number of ether oxygens (including phenoxy) is 2. The van der Waals surface area contributed by atoms with Gasteiger partial charge in [-0.15, -0.1) is 13.2 Å². The fourth-order valence-electron chi connectivity index (χ4n) is 4.05. The Labute approximate surface area is 214 Å². The Balaban J connectivity index is 1.81. The first-order valence-electron chi connectivity index (χ1n) is 11.1. The van der Waals surface area contributed by atoms with Crippen LogP contribution in [0.4, 0.5) is 13.2 Å². The lowest BCUT2D eigenvalue weighted by Crippen LogP contribution is -2.22. The van der Waals surface area contributed by atoms with Gasteiger partial charge in [-0.2, -0.15) is 0 Å². The van der Waals surface area contributed by atoms with Gasteiger partial charge in [0.05, 0.1) is 5.52 Å². The second kappa shape index (κ2) is 10.2. The molecule has 37 heavy (non-hydrogen) atoms. The molecule has 1 atom stereocenters. The van der Waals surface area contributed by atoms with Crippen molar-refractivity contribution in [3.63, 3.8) is 0 Å². The quantitative estimate of drug-likeness (QED) is 0.289. The highest BCUT2D eigenvalue weighted by molar-refractivity contribution is 6.30. The van der Waals surface area contributed by atoms with Gasteiger partial charge in [-0.1, -0.05) is 23.7 Å². The van der Waals surface area contributed by atoms with Crippen molar-refractivity contribution in [2.75, 3.05) is 0 Å². The van der Waals surface area contributed by atoms with Gasteiger partial charge in [-0.3, -0.25) is 9.36 Å². The van der Waals surface area contributed by atoms with Crippen molar-refractivity contribution in [2.24, 2.45) is 0 Å². The zero-order valence-corrected chi connectivity index (χ0v) is 20.4. The van der Waals surface area contributed by atoms with Gasteiger partial charge in [0, 0.05) is 21.7 Å². The molecule has 0 saturated heterocycles. The summed E-state index contributed by atoms with van der Waals surface area (Å²) in [5, 5.41) is 9.98. The van der Waals surface area contributed by atoms with Crippen molar-refractivity contribution in [1.29, 1.82) is 0 Å². The number of nitrogens with zero attached hydrogens (tertiary/aromatic N) is 1. The topological polar surface area (TPSA) is 77.8 Å². The third kappa shape index (κ3) is 5.89. The molecule has 10 heteroatoms. The first-order valence-corrected chi connectivity index (χ1v) is 11.5. The number of aromatic nitrogens is 1. The average molecular weight is 532 g/mol. The molecule has 3 aromatic carbocycles. The molecule has 0 aliphatic carbocycles. The van der Waals surface area contributed by atoms with Crippen molar-refractivity contribution in [2.45, 2.75) is 32.7 Å². The van der Waals surface area contributed by atoms with Crippen LogP contribution in [-0.4, -0.2) is 34.0 Å². The van der Waals surface area contributed by atoms with E-state index >= 15 is 0 Å². The fourth-order valence-corrected chi connectivity index (χ4v) is 4.18. The van der Waals surface area contributed by atoms with Crippen LogP contribution in [0, 0.1) is 6.92 Å². The molecule has 0 bridgehead atoms. The van der Waals surface area contributed by atoms with E-state index in [4.69, 9.17) is 21.4 Å². The maximum absolute atomic E-state index is 13.4. The summed E-state index contributed by atoms with van der Waals surface area (Å²) in [7, 11) is 0. The number of rotatable bonds is 7. The smallest absolute Gasteiger partial charge is 0.479 e. The number of aliphatic carboxylic acids is 1. The number of halogens is 4. The standard InChI is InChI=1S/C27H21ClF3NO5/c1-15-22(13-17-4-3-5-20(12-17)36-16(2)26(34)35)23-14-21(37-27(29,30)31)10-11-24(23)32(15)25(33)18-6-8-19(28)9-7-18/h3-12,14,16H,13H2,1-2H3,(H,34,35). The van der Waals surface area contributed by atoms with Crippen molar-refractivity contribution in [1.82, 2.24) is 4.57 Å². The zero-order valence-electron chi connectivity index (χ0n) is 19.7. The monoisotopic (exact) mass is 531 g/mol. The fraction of sp³-hybridized carbons (Fsp3) is 0.185. The average Bonchev–Trinajstić information content (AvgIpc) is 3.09. The molecule has 0 saturated carbocycles. The maximum Gasteiger partial charge on any atom is 0.573 e. The van der Waals surface area contributed by atoms with E-state index in [0.29, 0.717) is 44.1 Å². The lowest BCUT2D eigenvalue weighted by molar-refractivity contribution is -0.274. The highest BCUT2D eigenvalue weighted by Crippen LogP contribution is 2.34. The maximum atomic E-state index is 13.4. The number of fused-ring (bicyclic) bond motifs is 1. The van der Waals surface area contributed by atoms with Gasteiger partial charge in [0.15, 0.2) is 6.10 Å². The predicted octanol–water partition coefficient (Wildman–Crippen LogP) is 6.63. The van der Waals surface area contributed by atoms with Crippen molar-refractivity contribution < 1.29 is 37.3 Å². The van der Waals surface area contributed by atoms with E-state index in [0.717, 1.165) is 6.07 Å². The predicted molar refractivity (Wildman–Crippen MR) is 132 cm³/mol. The Morgan fingerprint density at radius 3 is 2.38 bits per heavy atom. The van der Waals surface area contributed by atoms with Crippen LogP contribution in [0.5, 0.6) is 11.5 Å². The third-order valence-corrected chi connectivity index (χ3v) is 6.03. The minimum Gasteiger partial charge on any atom is -0.479 e. The second-order valence-corrected chi connectivity index (χ2v) is 8.80. The van der Waals surface area contributed by atoms with Crippen molar-refractivity contribution in [3.05, 3.63) is 94.1 Å². The highest BCUT2D eigenvalue weighted by Gasteiger charge is 2.31. The Kier molecular flexibility index (Phi) is 7.18. The Morgan fingerprint density at radius 2 is 1.73 bits per heavy atom. The molecule has 1 unspecified atom stereocenters. The number of carboxylic acids is 1. The normalized spacial score (nSPS) is 12.4. The van der Waals surface area contributed by atoms with E-state index in [1.54, 1.807) is 55.5 Å². The zero-order chi connectivity index (χ0) is 26.9. The van der Waals surface area contributed by atoms with Gasteiger partial charge in [-0.25, -0.2) is 4.79 Å². The van der Waals surface area contributed by atoms with Gasteiger partial charge in [0.1, 0.15) is 11.5 Å². The van der Waals surface area contributed by atoms with E-state index in [2.05, 4.69) is 4.74 Å². The molecule has 0 aliphatic rings. The largest absolute Gasteiger partial charge is 0.573 e. The summed E-state index contributed by atoms with van der Waals surface area (Å²) in [6.45, 7) is 3.11. The third-order valence-electron chi connectivity index (χ3n) is 5.77. The molecule has 1 heterocycles. The Morgan fingerprint density at radius 1 is 1.03 bits per heavy atom. The number of benzene rings is 3. The van der Waals surface area contributed by atoms with Gasteiger partial charge in [0.25, 0.3) is 5.91 Å². The molecule has 0 spiro atoms. The van der Waals surface area contributed by atoms with E-state index in [1.165, 1.54) is 23.6 Å². The molecule has 4 rings (SSSR count). The lowest BCUT2D eigenvalue weighted by atomic mass is 10.0. The molecule has 192 valence electrons. The summed E-state index contributed by atoms with van der Waals surface area (Å²) < 4.78 is 49.7. The summed E-state index contributed by atoms with van der Waals surface area (Å²) in [5.74, 6) is -1.58. The van der Waals surface area contributed by atoms with Crippen molar-refractivity contribution >= 4 is 34.4 Å². The van der Waals surface area contributed by atoms with E-state index < -0.39 is 24.2 Å². The van der Waals surface area contributed by atoms with Crippen LogP contribution in [0.2, 0.25) is 5.02 Å². The first kappa shape index (κ1) is 26.1. The molecular formula is C27H21ClF3NO5. The van der Waals surface area contributed by atoms with E-state index in [-0.39, 0.29) is 12.3 Å². The molecule has 1 N–H and O–H groups in total. The molecule has 0 amide bonds. The molecule has 0 fully saturated rings. The highest BCUT2D eigenvalue weighted by atomic mass is 35.5. The second-order valence-electron chi connectivity index (χ2n) is 8.36. The van der Waals surface area contributed by atoms with Crippen LogP contribution in [0.25, 0.3) is 10.9 Å². The molecule has 0 radical (unpaired) electrons. The number of hydrogen-bond donors (Lipinski definition) is 1. The molecule has 0 aliphatic heterocycles. The number of hydrogen-bond acceptors (Lipinski definition) is 4. The van der Waals surface area contributed by atoms with Crippen LogP contribution >= 0.6 is 11.6 Å². The summed E-state index contributed by atoms with van der Waals surface area (Å²) in [6.07, 6.45) is -5.72. The summed E-state index contributed by atoms with van der Waals surface area (Å²) in [5.41, 5.74) is 2.61. The molecular weight excluding hydrogens is 511 g/mol. The van der Waals surface area contributed by atoms with Gasteiger partial charge in [-0.05, 0) is 86.0 Å². The van der Waals surface area contributed by atoms with Crippen LogP contribution in [0.1, 0.15) is 34.1 Å². The summed E-state index contributed by atoms with van der Waals surface area (Å²) >= 11 is 5.95. The SMILES string of the molecule is Cc1c(Cc2cccc(OC(C)C(=O)O)c2)c2cc(OC(F)(F)F)ccc2n1C(=O)c1ccc(Cl)cc1. The summed E-state index contributed by atoms with van der Waals surface area (Å²) in [4.78, 5) is 24.6. The molecule has 4 aromatic rings. The van der Waals surface area contributed by atoms with Crippen LogP contribution in [0.3, 0.4) is 0 Å². The number of carbonyl (C=O) groups excluding carboxylic acids is 1. The minimum atomic E-state index is -4.88. The Hall–Kier alpha value is -3.98. The first-order chi connectivity index (χ1) is 17.4. The Bertz CT molecular complexity index is 1480. The number of carbonyl (C=O) groups is 2. The van der Waals surface area contributed by atoms with Gasteiger partial charge < -0.3 is 14.6 Å². The number of carboxylic acid groups (broad SMARTS) is 1. The minimum absolute atomic E-state index is 0.233. The number of alkyl halides is 3. The van der Waals surface area contributed by atoms with Gasteiger partial charge >= 0.3 is 12.3 Å². The van der Waals surface area contributed by atoms with E-state index in [9.17, 15) is 22.8 Å². The molecule has 1 aromatic heterocycles. The summed E-state index contributed by atoms with van der Waals surface area (Å²) in [6, 6.07) is 16.8.